The van der Waals surface area contributed by atoms with Crippen LogP contribution < -0.4 is 14.2 Å². The summed E-state index contributed by atoms with van der Waals surface area (Å²) in [5.74, 6) is 0.457. The summed E-state index contributed by atoms with van der Waals surface area (Å²) < 4.78 is 48.6. The standard InChI is InChI=1S/C22H27NO7S/c1-6-30-18-10-7-16(8-11-18)15-23(2)31(25,26)20-14-17(9-12-21(24)28-4)13-19(27-3)22(20)29-5/h7-14H,6,15H2,1-5H3/b12-9+. The predicted octanol–water partition coefficient (Wildman–Crippen LogP) is 3.11. The maximum Gasteiger partial charge on any atom is 0.330 e. The van der Waals surface area contributed by atoms with Crippen LogP contribution in [0.2, 0.25) is 0 Å². The molecule has 0 aliphatic rings. The van der Waals surface area contributed by atoms with Crippen LogP contribution in [0.1, 0.15) is 18.1 Å². The number of methoxy groups -OCH3 is 3. The Labute approximate surface area is 183 Å². The van der Waals surface area contributed by atoms with Crippen molar-refractivity contribution in [3.63, 3.8) is 0 Å². The molecule has 0 heterocycles. The molecule has 31 heavy (non-hydrogen) atoms. The zero-order chi connectivity index (χ0) is 23.0. The van der Waals surface area contributed by atoms with Gasteiger partial charge in [-0.25, -0.2) is 13.2 Å². The Kier molecular flexibility index (Phi) is 8.47. The first-order valence-corrected chi connectivity index (χ1v) is 10.9. The SMILES string of the molecule is CCOc1ccc(CN(C)S(=O)(=O)c2cc(/C=C/C(=O)OC)cc(OC)c2OC)cc1. The highest BCUT2D eigenvalue weighted by atomic mass is 32.2. The second-order valence-electron chi connectivity index (χ2n) is 6.45. The number of rotatable bonds is 10. The van der Waals surface area contributed by atoms with E-state index in [-0.39, 0.29) is 22.9 Å². The molecule has 2 aromatic rings. The Morgan fingerprint density at radius 3 is 2.29 bits per heavy atom. The van der Waals surface area contributed by atoms with Crippen molar-refractivity contribution in [2.24, 2.45) is 0 Å². The van der Waals surface area contributed by atoms with Gasteiger partial charge in [-0.1, -0.05) is 12.1 Å². The van der Waals surface area contributed by atoms with E-state index in [1.54, 1.807) is 18.2 Å². The molecular weight excluding hydrogens is 422 g/mol. The van der Waals surface area contributed by atoms with E-state index in [1.165, 1.54) is 50.9 Å². The summed E-state index contributed by atoms with van der Waals surface area (Å²) in [6.45, 7) is 2.59. The molecule has 0 unspecified atom stereocenters. The molecule has 0 fully saturated rings. The molecule has 0 radical (unpaired) electrons. The third-order valence-electron chi connectivity index (χ3n) is 4.41. The van der Waals surface area contributed by atoms with Gasteiger partial charge >= 0.3 is 5.97 Å². The first-order valence-electron chi connectivity index (χ1n) is 9.46. The summed E-state index contributed by atoms with van der Waals surface area (Å²) in [6.07, 6.45) is 2.64. The van der Waals surface area contributed by atoms with Crippen LogP contribution in [0.3, 0.4) is 0 Å². The van der Waals surface area contributed by atoms with Crippen LogP contribution in [0, 0.1) is 0 Å². The van der Waals surface area contributed by atoms with Crippen molar-refractivity contribution in [1.29, 1.82) is 0 Å². The van der Waals surface area contributed by atoms with E-state index in [2.05, 4.69) is 4.74 Å². The smallest absolute Gasteiger partial charge is 0.330 e. The summed E-state index contributed by atoms with van der Waals surface area (Å²) in [6, 6.07) is 10.2. The van der Waals surface area contributed by atoms with Crippen molar-refractivity contribution in [1.82, 2.24) is 4.31 Å². The Morgan fingerprint density at radius 2 is 1.74 bits per heavy atom. The molecule has 2 rings (SSSR count). The van der Waals surface area contributed by atoms with Crippen LogP contribution in [0.15, 0.2) is 47.4 Å². The van der Waals surface area contributed by atoms with Gasteiger partial charge in [-0.3, -0.25) is 0 Å². The highest BCUT2D eigenvalue weighted by Crippen LogP contribution is 2.37. The number of sulfonamides is 1. The normalized spacial score (nSPS) is 11.5. The van der Waals surface area contributed by atoms with Crippen molar-refractivity contribution in [3.8, 4) is 17.2 Å². The molecule has 0 aromatic heterocycles. The minimum atomic E-state index is -3.95. The lowest BCUT2D eigenvalue weighted by Gasteiger charge is -2.21. The Bertz CT molecular complexity index is 1030. The third kappa shape index (κ3) is 5.99. The molecule has 0 aliphatic heterocycles. The van der Waals surface area contributed by atoms with E-state index in [0.717, 1.165) is 5.56 Å². The van der Waals surface area contributed by atoms with E-state index >= 15 is 0 Å². The lowest BCUT2D eigenvalue weighted by Crippen LogP contribution is -2.27. The summed E-state index contributed by atoms with van der Waals surface area (Å²) in [7, 11) is 1.56. The number of ether oxygens (including phenoxy) is 4. The number of carbonyl (C=O) groups is 1. The zero-order valence-electron chi connectivity index (χ0n) is 18.2. The minimum absolute atomic E-state index is 0.0766. The summed E-state index contributed by atoms with van der Waals surface area (Å²) in [5, 5.41) is 0. The van der Waals surface area contributed by atoms with E-state index in [9.17, 15) is 13.2 Å². The molecule has 0 spiro atoms. The van der Waals surface area contributed by atoms with Gasteiger partial charge in [-0.05, 0) is 48.4 Å². The Balaban J connectivity index is 2.42. The molecule has 8 nitrogen and oxygen atoms in total. The zero-order valence-corrected chi connectivity index (χ0v) is 19.1. The van der Waals surface area contributed by atoms with Gasteiger partial charge in [0.1, 0.15) is 10.6 Å². The molecule has 0 atom stereocenters. The molecule has 168 valence electrons. The van der Waals surface area contributed by atoms with E-state index in [1.807, 2.05) is 19.1 Å². The molecule has 0 amide bonds. The maximum atomic E-state index is 13.4. The quantitative estimate of drug-likeness (QED) is 0.407. The lowest BCUT2D eigenvalue weighted by molar-refractivity contribution is -0.134. The fourth-order valence-corrected chi connectivity index (χ4v) is 4.20. The number of nitrogens with zero attached hydrogens (tertiary/aromatic N) is 1. The highest BCUT2D eigenvalue weighted by Gasteiger charge is 2.28. The van der Waals surface area contributed by atoms with E-state index in [4.69, 9.17) is 14.2 Å². The van der Waals surface area contributed by atoms with Crippen molar-refractivity contribution < 1.29 is 32.2 Å². The summed E-state index contributed by atoms with van der Waals surface area (Å²) in [4.78, 5) is 11.3. The molecule has 0 bridgehead atoms. The number of carbonyl (C=O) groups excluding carboxylic acids is 1. The molecule has 0 N–H and O–H groups in total. The predicted molar refractivity (Wildman–Crippen MR) is 117 cm³/mol. The second kappa shape index (κ2) is 10.8. The van der Waals surface area contributed by atoms with Gasteiger partial charge in [0.2, 0.25) is 10.0 Å². The summed E-state index contributed by atoms with van der Waals surface area (Å²) >= 11 is 0. The van der Waals surface area contributed by atoms with Gasteiger partial charge in [0, 0.05) is 19.7 Å². The number of esters is 1. The first kappa shape index (κ1) is 24.2. The molecule has 9 heteroatoms. The van der Waals surface area contributed by atoms with Crippen LogP contribution in [0.4, 0.5) is 0 Å². The fraction of sp³-hybridized carbons (Fsp3) is 0.318. The summed E-state index contributed by atoms with van der Waals surface area (Å²) in [5.41, 5.74) is 1.23. The van der Waals surface area contributed by atoms with Crippen LogP contribution >= 0.6 is 0 Å². The minimum Gasteiger partial charge on any atom is -0.494 e. The molecule has 2 aromatic carbocycles. The fourth-order valence-electron chi connectivity index (χ4n) is 2.84. The first-order chi connectivity index (χ1) is 14.8. The van der Waals surface area contributed by atoms with Crippen molar-refractivity contribution >= 4 is 22.1 Å². The molecule has 0 aliphatic carbocycles. The van der Waals surface area contributed by atoms with Crippen LogP contribution in [-0.4, -0.2) is 53.7 Å². The average molecular weight is 450 g/mol. The number of hydrogen-bond donors (Lipinski definition) is 0. The third-order valence-corrected chi connectivity index (χ3v) is 6.22. The van der Waals surface area contributed by atoms with Gasteiger partial charge in [0.15, 0.2) is 11.5 Å². The Morgan fingerprint density at radius 1 is 1.06 bits per heavy atom. The topological polar surface area (TPSA) is 91.4 Å². The van der Waals surface area contributed by atoms with Gasteiger partial charge in [0.05, 0.1) is 27.9 Å². The van der Waals surface area contributed by atoms with Crippen molar-refractivity contribution in [3.05, 3.63) is 53.6 Å². The highest BCUT2D eigenvalue weighted by molar-refractivity contribution is 7.89. The number of benzene rings is 2. The van der Waals surface area contributed by atoms with Crippen LogP contribution in [0.5, 0.6) is 17.2 Å². The average Bonchev–Trinajstić information content (AvgIpc) is 2.77. The molecular formula is C22H27NO7S. The largest absolute Gasteiger partial charge is 0.494 e. The van der Waals surface area contributed by atoms with Gasteiger partial charge in [-0.2, -0.15) is 4.31 Å². The van der Waals surface area contributed by atoms with Gasteiger partial charge in [-0.15, -0.1) is 0 Å². The van der Waals surface area contributed by atoms with Crippen molar-refractivity contribution in [2.45, 2.75) is 18.4 Å². The van der Waals surface area contributed by atoms with E-state index < -0.39 is 16.0 Å². The number of hydrogen-bond acceptors (Lipinski definition) is 7. The maximum absolute atomic E-state index is 13.4. The van der Waals surface area contributed by atoms with Gasteiger partial charge in [0.25, 0.3) is 0 Å². The Hall–Kier alpha value is -3.04. The molecule has 0 saturated carbocycles. The van der Waals surface area contributed by atoms with Crippen molar-refractivity contribution in [2.75, 3.05) is 35.0 Å². The van der Waals surface area contributed by atoms with Gasteiger partial charge < -0.3 is 18.9 Å². The van der Waals surface area contributed by atoms with Crippen LogP contribution in [-0.2, 0) is 26.1 Å². The van der Waals surface area contributed by atoms with Crippen LogP contribution in [0.25, 0.3) is 6.08 Å². The molecule has 0 saturated heterocycles. The lowest BCUT2D eigenvalue weighted by atomic mass is 10.2. The second-order valence-corrected chi connectivity index (χ2v) is 8.46. The van der Waals surface area contributed by atoms with E-state index in [0.29, 0.717) is 17.9 Å². The monoisotopic (exact) mass is 449 g/mol.